The zero-order valence-electron chi connectivity index (χ0n) is 20.8. The number of sulfonamides is 1. The molecule has 0 aliphatic carbocycles. The van der Waals surface area contributed by atoms with Crippen molar-refractivity contribution in [3.63, 3.8) is 0 Å². The number of hydrogen-bond acceptors (Lipinski definition) is 6. The molecule has 0 unspecified atom stereocenters. The van der Waals surface area contributed by atoms with E-state index in [4.69, 9.17) is 21.4 Å². The van der Waals surface area contributed by atoms with Crippen LogP contribution in [0.3, 0.4) is 0 Å². The second-order valence-electron chi connectivity index (χ2n) is 8.82. The predicted octanol–water partition coefficient (Wildman–Crippen LogP) is 3.77. The molecular weight excluding hydrogens is 514 g/mol. The van der Waals surface area contributed by atoms with E-state index in [-0.39, 0.29) is 18.2 Å². The monoisotopic (exact) mass is 543 g/mol. The number of amides is 1. The Morgan fingerprint density at radius 3 is 2.62 bits per heavy atom. The van der Waals surface area contributed by atoms with Crippen LogP contribution in [0.15, 0.2) is 59.8 Å². The first-order chi connectivity index (χ1) is 17.8. The Hall–Kier alpha value is -3.21. The van der Waals surface area contributed by atoms with Gasteiger partial charge in [-0.2, -0.15) is 10.2 Å². The van der Waals surface area contributed by atoms with Crippen LogP contribution in [0, 0.1) is 5.92 Å². The molecule has 0 radical (unpaired) electrons. The maximum Gasteiger partial charge on any atom is 0.244 e. The Labute approximate surface area is 222 Å². The van der Waals surface area contributed by atoms with Crippen molar-refractivity contribution in [1.29, 1.82) is 0 Å². The number of nitrogens with zero attached hydrogens (tertiary/aromatic N) is 4. The molecule has 0 spiro atoms. The van der Waals surface area contributed by atoms with Crippen LogP contribution in [0.25, 0.3) is 11.3 Å². The van der Waals surface area contributed by atoms with E-state index < -0.39 is 15.9 Å². The third-order valence-corrected chi connectivity index (χ3v) is 8.40. The Morgan fingerprint density at radius 2 is 1.95 bits per heavy atom. The molecule has 11 heteroatoms. The van der Waals surface area contributed by atoms with Crippen LogP contribution in [-0.2, 0) is 21.4 Å². The molecule has 2 aromatic carbocycles. The number of hydrazone groups is 1. The smallest absolute Gasteiger partial charge is 0.244 e. The van der Waals surface area contributed by atoms with Crippen LogP contribution in [0.4, 0.5) is 0 Å². The highest BCUT2D eigenvalue weighted by Crippen LogP contribution is 2.24. The molecule has 3 aromatic rings. The molecule has 37 heavy (non-hydrogen) atoms. The summed E-state index contributed by atoms with van der Waals surface area (Å²) in [6.07, 6.45) is 4.68. The lowest BCUT2D eigenvalue weighted by Gasteiger charge is -2.30. The maximum absolute atomic E-state index is 12.8. The number of carbonyl (C=O) groups is 1. The average Bonchev–Trinajstić information content (AvgIpc) is 3.32. The quantitative estimate of drug-likeness (QED) is 0.326. The Balaban J connectivity index is 1.52. The summed E-state index contributed by atoms with van der Waals surface area (Å²) in [7, 11) is -1.72. The number of aromatic nitrogens is 2. The normalized spacial score (nSPS) is 16.7. The summed E-state index contributed by atoms with van der Waals surface area (Å²) >= 11 is 6.01. The van der Waals surface area contributed by atoms with E-state index >= 15 is 0 Å². The van der Waals surface area contributed by atoms with Gasteiger partial charge < -0.3 is 4.74 Å². The fourth-order valence-electron chi connectivity index (χ4n) is 4.21. The van der Waals surface area contributed by atoms with E-state index in [9.17, 15) is 13.2 Å². The van der Waals surface area contributed by atoms with Gasteiger partial charge in [-0.1, -0.05) is 23.7 Å². The minimum absolute atomic E-state index is 0.0215. The lowest BCUT2D eigenvalue weighted by Crippen LogP contribution is -2.45. The summed E-state index contributed by atoms with van der Waals surface area (Å²) in [5, 5.41) is 9.61. The van der Waals surface area contributed by atoms with E-state index in [1.54, 1.807) is 24.9 Å². The zero-order chi connectivity index (χ0) is 26.4. The number of halogens is 1. The summed E-state index contributed by atoms with van der Waals surface area (Å²) in [5.41, 5.74) is 5.92. The molecule has 0 saturated carbocycles. The van der Waals surface area contributed by atoms with Crippen molar-refractivity contribution >= 4 is 33.7 Å². The van der Waals surface area contributed by atoms with E-state index in [1.165, 1.54) is 4.31 Å². The molecular formula is C26H30ClN5O4S. The van der Waals surface area contributed by atoms with Gasteiger partial charge in [0.1, 0.15) is 11.4 Å². The number of piperidine rings is 1. The highest BCUT2D eigenvalue weighted by Gasteiger charge is 2.31. The largest absolute Gasteiger partial charge is 0.497 e. The molecule has 4 rings (SSSR count). The van der Waals surface area contributed by atoms with E-state index in [2.05, 4.69) is 10.5 Å². The third kappa shape index (κ3) is 6.76. The maximum atomic E-state index is 12.8. The molecule has 1 N–H and O–H groups in total. The first-order valence-electron chi connectivity index (χ1n) is 12.1. The third-order valence-electron chi connectivity index (χ3n) is 6.30. The summed E-state index contributed by atoms with van der Waals surface area (Å²) in [6, 6.07) is 15.1. The van der Waals surface area contributed by atoms with Crippen molar-refractivity contribution in [1.82, 2.24) is 19.5 Å². The van der Waals surface area contributed by atoms with E-state index in [1.807, 2.05) is 54.7 Å². The first-order valence-corrected chi connectivity index (χ1v) is 14.0. The van der Waals surface area contributed by atoms with Gasteiger partial charge in [-0.15, -0.1) is 0 Å². The minimum Gasteiger partial charge on any atom is -0.497 e. The molecule has 1 fully saturated rings. The Morgan fingerprint density at radius 1 is 1.22 bits per heavy atom. The average molecular weight is 544 g/mol. The molecule has 1 aliphatic rings. The van der Waals surface area contributed by atoms with Crippen LogP contribution in [0.2, 0.25) is 5.02 Å². The molecule has 2 heterocycles. The number of methoxy groups -OCH3 is 1. The predicted molar refractivity (Wildman–Crippen MR) is 144 cm³/mol. The second kappa shape index (κ2) is 11.9. The molecule has 1 atom stereocenters. The molecule has 1 amide bonds. The number of ether oxygens (including phenoxy) is 1. The Bertz CT molecular complexity index is 1350. The summed E-state index contributed by atoms with van der Waals surface area (Å²) in [4.78, 5) is 12.8. The lowest BCUT2D eigenvalue weighted by atomic mass is 9.99. The van der Waals surface area contributed by atoms with Gasteiger partial charge in [0.05, 0.1) is 31.5 Å². The molecule has 196 valence electrons. The van der Waals surface area contributed by atoms with Gasteiger partial charge in [-0.25, -0.2) is 18.1 Å². The highest BCUT2D eigenvalue weighted by atomic mass is 35.5. The van der Waals surface area contributed by atoms with Crippen LogP contribution in [0.1, 0.15) is 30.9 Å². The number of hydrogen-bond donors (Lipinski definition) is 1. The van der Waals surface area contributed by atoms with Crippen molar-refractivity contribution in [2.24, 2.45) is 11.0 Å². The van der Waals surface area contributed by atoms with Crippen LogP contribution in [0.5, 0.6) is 5.75 Å². The van der Waals surface area contributed by atoms with Gasteiger partial charge in [-0.3, -0.25) is 9.48 Å². The second-order valence-corrected chi connectivity index (χ2v) is 11.5. The Kier molecular flexibility index (Phi) is 8.63. The summed E-state index contributed by atoms with van der Waals surface area (Å²) in [5.74, 6) is 0.0133. The molecule has 1 aliphatic heterocycles. The molecule has 0 bridgehead atoms. The van der Waals surface area contributed by atoms with Crippen LogP contribution < -0.4 is 10.2 Å². The molecule has 9 nitrogen and oxygen atoms in total. The van der Waals surface area contributed by atoms with Crippen molar-refractivity contribution in [2.75, 3.05) is 26.0 Å². The van der Waals surface area contributed by atoms with Gasteiger partial charge in [-0.05, 0) is 61.7 Å². The van der Waals surface area contributed by atoms with Crippen molar-refractivity contribution in [3.8, 4) is 17.0 Å². The molecule has 1 aromatic heterocycles. The topological polar surface area (TPSA) is 106 Å². The van der Waals surface area contributed by atoms with Crippen molar-refractivity contribution < 1.29 is 17.9 Å². The van der Waals surface area contributed by atoms with Crippen molar-refractivity contribution in [2.45, 2.75) is 26.3 Å². The van der Waals surface area contributed by atoms with Gasteiger partial charge in [0, 0.05) is 35.4 Å². The fourth-order valence-corrected chi connectivity index (χ4v) is 5.52. The van der Waals surface area contributed by atoms with E-state index in [0.717, 1.165) is 22.4 Å². The number of carbonyl (C=O) groups excluding carboxylic acids is 1. The minimum atomic E-state index is -3.33. The van der Waals surface area contributed by atoms with E-state index in [0.29, 0.717) is 36.6 Å². The number of benzene rings is 2. The van der Waals surface area contributed by atoms with Gasteiger partial charge in [0.15, 0.2) is 0 Å². The molecule has 1 saturated heterocycles. The number of nitrogens with one attached hydrogen (secondary N) is 1. The van der Waals surface area contributed by atoms with Crippen LogP contribution in [-0.4, -0.2) is 60.6 Å². The fraction of sp³-hybridized carbons (Fsp3) is 0.346. The number of rotatable bonds is 9. The summed E-state index contributed by atoms with van der Waals surface area (Å²) in [6.45, 7) is 2.76. The van der Waals surface area contributed by atoms with Crippen molar-refractivity contribution in [3.05, 3.63) is 70.9 Å². The van der Waals surface area contributed by atoms with Gasteiger partial charge in [0.2, 0.25) is 15.9 Å². The van der Waals surface area contributed by atoms with Gasteiger partial charge in [0.25, 0.3) is 0 Å². The lowest BCUT2D eigenvalue weighted by molar-refractivity contribution is -0.126. The summed E-state index contributed by atoms with van der Waals surface area (Å²) < 4.78 is 32.9. The highest BCUT2D eigenvalue weighted by molar-refractivity contribution is 7.89. The SMILES string of the molecule is CCS(=O)(=O)N1CCC[C@H](C(=O)N/N=C\c2cn(Cc3ccc(Cl)cc3)nc2-c2ccc(OC)cc2)C1. The standard InChI is InChI=1S/C26H30ClN5O4S/c1-3-37(34,35)32-14-4-5-21(18-32)26(33)29-28-15-22-17-31(16-19-6-10-23(27)11-7-19)30-25(22)20-8-12-24(36-2)13-9-20/h6-13,15,17,21H,3-5,14,16,18H2,1-2H3,(H,29,33)/b28-15-/t21-/m0/s1. The zero-order valence-corrected chi connectivity index (χ0v) is 22.4. The van der Waals surface area contributed by atoms with Crippen LogP contribution >= 0.6 is 11.6 Å². The first kappa shape index (κ1) is 26.8. The van der Waals surface area contributed by atoms with Gasteiger partial charge >= 0.3 is 0 Å².